The standard InChI is InChI=1S/C23H24O6/c1-23(2)8-7-15-18(29-23)11-16(24)20-21(25)14(12-28-22(15)20)9-13-5-6-17(26-3)19(10-13)27-4/h5-6,10-12,24H,7-9H2,1-4H3. The second-order valence-corrected chi connectivity index (χ2v) is 7.89. The number of ether oxygens (including phenoxy) is 3. The Morgan fingerprint density at radius 1 is 1.14 bits per heavy atom. The van der Waals surface area contributed by atoms with Crippen LogP contribution < -0.4 is 19.6 Å². The van der Waals surface area contributed by atoms with E-state index in [0.717, 1.165) is 24.0 Å². The highest BCUT2D eigenvalue weighted by Gasteiger charge is 2.30. The van der Waals surface area contributed by atoms with Crippen molar-refractivity contribution in [2.24, 2.45) is 0 Å². The molecule has 2 aromatic carbocycles. The Balaban J connectivity index is 1.78. The number of aryl methyl sites for hydroxylation is 1. The molecule has 3 aromatic rings. The first-order chi connectivity index (χ1) is 13.8. The summed E-state index contributed by atoms with van der Waals surface area (Å²) in [7, 11) is 3.14. The predicted octanol–water partition coefficient (Wildman–Crippen LogP) is 4.21. The van der Waals surface area contributed by atoms with Crippen LogP contribution in [0.25, 0.3) is 11.0 Å². The van der Waals surface area contributed by atoms with Gasteiger partial charge in [-0.1, -0.05) is 6.07 Å². The summed E-state index contributed by atoms with van der Waals surface area (Å²) in [5.41, 5.74) is 1.99. The summed E-state index contributed by atoms with van der Waals surface area (Å²) >= 11 is 0. The molecule has 0 spiro atoms. The number of phenolic OH excluding ortho intramolecular Hbond substituents is 1. The lowest BCUT2D eigenvalue weighted by atomic mass is 9.92. The molecular formula is C23H24O6. The van der Waals surface area contributed by atoms with Crippen molar-refractivity contribution >= 4 is 11.0 Å². The molecule has 1 aromatic heterocycles. The van der Waals surface area contributed by atoms with E-state index in [4.69, 9.17) is 18.6 Å². The van der Waals surface area contributed by atoms with E-state index in [1.54, 1.807) is 20.3 Å². The molecule has 29 heavy (non-hydrogen) atoms. The average Bonchev–Trinajstić information content (AvgIpc) is 2.68. The summed E-state index contributed by atoms with van der Waals surface area (Å²) in [6.07, 6.45) is 3.34. The number of methoxy groups -OCH3 is 2. The van der Waals surface area contributed by atoms with Crippen LogP contribution >= 0.6 is 0 Å². The van der Waals surface area contributed by atoms with Crippen molar-refractivity contribution < 1.29 is 23.7 Å². The van der Waals surface area contributed by atoms with Crippen LogP contribution in [0.15, 0.2) is 39.7 Å². The van der Waals surface area contributed by atoms with Gasteiger partial charge in [-0.05, 0) is 44.4 Å². The van der Waals surface area contributed by atoms with E-state index in [1.807, 2.05) is 26.0 Å². The van der Waals surface area contributed by atoms with Gasteiger partial charge < -0.3 is 23.7 Å². The van der Waals surface area contributed by atoms with Gasteiger partial charge in [-0.25, -0.2) is 0 Å². The van der Waals surface area contributed by atoms with E-state index in [2.05, 4.69) is 0 Å². The van der Waals surface area contributed by atoms with Gasteiger partial charge in [0, 0.05) is 23.6 Å². The van der Waals surface area contributed by atoms with Crippen LogP contribution in [-0.2, 0) is 12.8 Å². The van der Waals surface area contributed by atoms with Gasteiger partial charge in [0.05, 0.1) is 20.5 Å². The van der Waals surface area contributed by atoms with Crippen LogP contribution in [-0.4, -0.2) is 24.9 Å². The summed E-state index contributed by atoms with van der Waals surface area (Å²) < 4.78 is 22.4. The van der Waals surface area contributed by atoms with Gasteiger partial charge in [0.2, 0.25) is 0 Å². The summed E-state index contributed by atoms with van der Waals surface area (Å²) in [5.74, 6) is 1.65. The fourth-order valence-electron chi connectivity index (χ4n) is 3.79. The maximum atomic E-state index is 13.1. The first kappa shape index (κ1) is 19.2. The molecule has 4 rings (SSSR count). The summed E-state index contributed by atoms with van der Waals surface area (Å²) in [6.45, 7) is 4.00. The van der Waals surface area contributed by atoms with Crippen molar-refractivity contribution in [3.05, 3.63) is 57.4 Å². The summed E-state index contributed by atoms with van der Waals surface area (Å²) in [6, 6.07) is 7.01. The molecule has 0 atom stereocenters. The van der Waals surface area contributed by atoms with Crippen molar-refractivity contribution in [3.8, 4) is 23.0 Å². The Bertz CT molecular complexity index is 1140. The number of rotatable bonds is 4. The Morgan fingerprint density at radius 3 is 2.62 bits per heavy atom. The SMILES string of the molecule is COc1ccc(Cc2coc3c4c(cc(O)c3c2=O)OC(C)(C)CC4)cc1OC. The maximum Gasteiger partial charge on any atom is 0.199 e. The van der Waals surface area contributed by atoms with Crippen LogP contribution in [0.3, 0.4) is 0 Å². The van der Waals surface area contributed by atoms with Crippen molar-refractivity contribution in [2.75, 3.05) is 14.2 Å². The first-order valence-corrected chi connectivity index (χ1v) is 9.52. The molecule has 1 aliphatic rings. The smallest absolute Gasteiger partial charge is 0.199 e. The highest BCUT2D eigenvalue weighted by atomic mass is 16.5. The zero-order valence-electron chi connectivity index (χ0n) is 17.0. The molecule has 0 aliphatic carbocycles. The third-order valence-corrected chi connectivity index (χ3v) is 5.37. The van der Waals surface area contributed by atoms with Gasteiger partial charge in [0.1, 0.15) is 28.1 Å². The number of phenols is 1. The Kier molecular flexibility index (Phi) is 4.65. The molecule has 0 saturated carbocycles. The molecule has 152 valence electrons. The van der Waals surface area contributed by atoms with E-state index in [0.29, 0.717) is 34.8 Å². The maximum absolute atomic E-state index is 13.1. The second kappa shape index (κ2) is 7.03. The lowest BCUT2D eigenvalue weighted by molar-refractivity contribution is 0.0846. The molecule has 0 radical (unpaired) electrons. The van der Waals surface area contributed by atoms with Gasteiger partial charge in [0.25, 0.3) is 0 Å². The van der Waals surface area contributed by atoms with Crippen molar-refractivity contribution in [3.63, 3.8) is 0 Å². The molecule has 1 N–H and O–H groups in total. The van der Waals surface area contributed by atoms with Gasteiger partial charge in [0.15, 0.2) is 16.9 Å². The predicted molar refractivity (Wildman–Crippen MR) is 110 cm³/mol. The quantitative estimate of drug-likeness (QED) is 0.712. The third kappa shape index (κ3) is 3.39. The van der Waals surface area contributed by atoms with Crippen molar-refractivity contribution in [1.82, 2.24) is 0 Å². The Morgan fingerprint density at radius 2 is 1.90 bits per heavy atom. The summed E-state index contributed by atoms with van der Waals surface area (Å²) in [4.78, 5) is 13.1. The number of fused-ring (bicyclic) bond motifs is 3. The molecule has 0 bridgehead atoms. The molecule has 1 aliphatic heterocycles. The van der Waals surface area contributed by atoms with E-state index in [-0.39, 0.29) is 22.2 Å². The molecular weight excluding hydrogens is 372 g/mol. The number of aromatic hydroxyl groups is 1. The second-order valence-electron chi connectivity index (χ2n) is 7.89. The van der Waals surface area contributed by atoms with Crippen LogP contribution in [0.5, 0.6) is 23.0 Å². The minimum absolute atomic E-state index is 0.126. The lowest BCUT2D eigenvalue weighted by Crippen LogP contribution is -2.32. The van der Waals surface area contributed by atoms with Gasteiger partial charge >= 0.3 is 0 Å². The zero-order valence-corrected chi connectivity index (χ0v) is 17.0. The van der Waals surface area contributed by atoms with E-state index >= 15 is 0 Å². The Hall–Kier alpha value is -3.15. The van der Waals surface area contributed by atoms with E-state index < -0.39 is 0 Å². The van der Waals surface area contributed by atoms with Gasteiger partial charge in [-0.15, -0.1) is 0 Å². The minimum Gasteiger partial charge on any atom is -0.507 e. The normalized spacial score (nSPS) is 14.9. The molecule has 0 fully saturated rings. The number of hydrogen-bond acceptors (Lipinski definition) is 6. The Labute approximate surface area is 168 Å². The van der Waals surface area contributed by atoms with Gasteiger partial charge in [-0.3, -0.25) is 4.79 Å². The minimum atomic E-state index is -0.319. The van der Waals surface area contributed by atoms with Gasteiger partial charge in [-0.2, -0.15) is 0 Å². The van der Waals surface area contributed by atoms with Crippen LogP contribution in [0, 0.1) is 0 Å². The zero-order chi connectivity index (χ0) is 20.8. The molecule has 6 heteroatoms. The van der Waals surface area contributed by atoms with E-state index in [9.17, 15) is 9.90 Å². The molecule has 0 saturated heterocycles. The lowest BCUT2D eigenvalue weighted by Gasteiger charge is -2.32. The average molecular weight is 396 g/mol. The number of benzene rings is 2. The highest BCUT2D eigenvalue weighted by molar-refractivity contribution is 5.88. The monoisotopic (exact) mass is 396 g/mol. The fourth-order valence-corrected chi connectivity index (χ4v) is 3.79. The molecule has 0 amide bonds. The van der Waals surface area contributed by atoms with E-state index in [1.165, 1.54) is 12.3 Å². The topological polar surface area (TPSA) is 78.1 Å². The van der Waals surface area contributed by atoms with Crippen LogP contribution in [0.1, 0.15) is 37.0 Å². The number of hydrogen-bond donors (Lipinski definition) is 1. The molecule has 2 heterocycles. The molecule has 6 nitrogen and oxygen atoms in total. The van der Waals surface area contributed by atoms with Crippen molar-refractivity contribution in [1.29, 1.82) is 0 Å². The first-order valence-electron chi connectivity index (χ1n) is 9.52. The third-order valence-electron chi connectivity index (χ3n) is 5.37. The molecule has 0 unspecified atom stereocenters. The largest absolute Gasteiger partial charge is 0.507 e. The van der Waals surface area contributed by atoms with Crippen LogP contribution in [0.4, 0.5) is 0 Å². The fraction of sp³-hybridized carbons (Fsp3) is 0.348. The van der Waals surface area contributed by atoms with Crippen molar-refractivity contribution in [2.45, 2.75) is 38.7 Å². The van der Waals surface area contributed by atoms with Crippen LogP contribution in [0.2, 0.25) is 0 Å². The summed E-state index contributed by atoms with van der Waals surface area (Å²) in [5, 5.41) is 10.7. The highest BCUT2D eigenvalue weighted by Crippen LogP contribution is 2.40.